The van der Waals surface area contributed by atoms with Gasteiger partial charge in [0.15, 0.2) is 23.1 Å². The molecule has 0 bridgehead atoms. The first-order valence-electron chi connectivity index (χ1n) is 12.6. The number of nitrogens with one attached hydrogen (secondary N) is 1. The zero-order valence-corrected chi connectivity index (χ0v) is 22.7. The summed E-state index contributed by atoms with van der Waals surface area (Å²) in [6, 6.07) is 11.2. The molecule has 3 heterocycles. The standard InChI is InChI=1S/C31H25F2N3O5/c1-16-28(21-7-6-19(32)13-27(21)40-4)31(38)29(17(2)36-16)24(37)12-18-5-8-25(22(33)11-18)41-26-9-10-34-23-14-20(39-3)15-35-30(23)26/h5-11,13-15H,12H2,1-4H3,(H,36,38). The van der Waals surface area contributed by atoms with Gasteiger partial charge in [0.2, 0.25) is 5.43 Å². The van der Waals surface area contributed by atoms with Crippen molar-refractivity contribution in [2.45, 2.75) is 20.3 Å². The molecule has 10 heteroatoms. The lowest BCUT2D eigenvalue weighted by molar-refractivity contribution is 0.0991. The van der Waals surface area contributed by atoms with Gasteiger partial charge in [-0.15, -0.1) is 0 Å². The summed E-state index contributed by atoms with van der Waals surface area (Å²) in [5, 5.41) is 0. The van der Waals surface area contributed by atoms with Crippen LogP contribution >= 0.6 is 0 Å². The van der Waals surface area contributed by atoms with Crippen molar-refractivity contribution in [2.24, 2.45) is 0 Å². The lowest BCUT2D eigenvalue weighted by Crippen LogP contribution is -2.23. The predicted molar refractivity (Wildman–Crippen MR) is 149 cm³/mol. The number of pyridine rings is 3. The number of aromatic amines is 1. The van der Waals surface area contributed by atoms with E-state index in [1.54, 1.807) is 32.0 Å². The molecule has 5 rings (SSSR count). The molecule has 2 aromatic carbocycles. The average Bonchev–Trinajstić information content (AvgIpc) is 2.94. The average molecular weight is 558 g/mol. The van der Waals surface area contributed by atoms with Crippen molar-refractivity contribution in [3.63, 3.8) is 0 Å². The fourth-order valence-corrected chi connectivity index (χ4v) is 4.71. The summed E-state index contributed by atoms with van der Waals surface area (Å²) in [6.07, 6.45) is 2.79. The molecule has 0 aliphatic heterocycles. The molecule has 0 atom stereocenters. The molecule has 3 aromatic heterocycles. The first kappa shape index (κ1) is 27.4. The lowest BCUT2D eigenvalue weighted by Gasteiger charge is -2.14. The smallest absolute Gasteiger partial charge is 0.200 e. The maximum Gasteiger partial charge on any atom is 0.200 e. The first-order valence-corrected chi connectivity index (χ1v) is 12.6. The highest BCUT2D eigenvalue weighted by Crippen LogP contribution is 2.32. The van der Waals surface area contributed by atoms with E-state index in [0.29, 0.717) is 45.0 Å². The summed E-state index contributed by atoms with van der Waals surface area (Å²) in [4.78, 5) is 38.5. The highest BCUT2D eigenvalue weighted by atomic mass is 19.1. The van der Waals surface area contributed by atoms with Crippen LogP contribution in [-0.2, 0) is 6.42 Å². The van der Waals surface area contributed by atoms with Gasteiger partial charge >= 0.3 is 0 Å². The molecule has 0 saturated heterocycles. The Morgan fingerprint density at radius 2 is 1.71 bits per heavy atom. The zero-order chi connectivity index (χ0) is 29.3. The molecule has 0 amide bonds. The summed E-state index contributed by atoms with van der Waals surface area (Å²) in [5.74, 6) is -0.806. The molecule has 1 N–H and O–H groups in total. The minimum atomic E-state index is -0.694. The van der Waals surface area contributed by atoms with Gasteiger partial charge in [0.05, 0.1) is 37.1 Å². The van der Waals surface area contributed by atoms with E-state index in [1.807, 2.05) is 0 Å². The van der Waals surface area contributed by atoms with Gasteiger partial charge < -0.3 is 19.2 Å². The van der Waals surface area contributed by atoms with Crippen LogP contribution in [0.4, 0.5) is 8.78 Å². The number of nitrogens with zero attached hydrogens (tertiary/aromatic N) is 2. The minimum absolute atomic E-state index is 0.0672. The Bertz CT molecular complexity index is 1870. The van der Waals surface area contributed by atoms with Crippen molar-refractivity contribution in [1.82, 2.24) is 15.0 Å². The van der Waals surface area contributed by atoms with Crippen LogP contribution in [0.15, 0.2) is 65.7 Å². The monoisotopic (exact) mass is 557 g/mol. The third kappa shape index (κ3) is 5.36. The van der Waals surface area contributed by atoms with Crippen molar-refractivity contribution in [2.75, 3.05) is 14.2 Å². The van der Waals surface area contributed by atoms with Gasteiger partial charge in [-0.25, -0.2) is 13.8 Å². The Labute approximate surface area is 233 Å². The second-order valence-electron chi connectivity index (χ2n) is 9.32. The van der Waals surface area contributed by atoms with E-state index in [4.69, 9.17) is 14.2 Å². The van der Waals surface area contributed by atoms with E-state index in [1.165, 1.54) is 56.9 Å². The molecular formula is C31H25F2N3O5. The second kappa shape index (κ2) is 11.2. The molecule has 5 aromatic rings. The third-order valence-corrected chi connectivity index (χ3v) is 6.62. The van der Waals surface area contributed by atoms with E-state index < -0.39 is 22.8 Å². The van der Waals surface area contributed by atoms with Crippen LogP contribution in [0.25, 0.3) is 22.2 Å². The van der Waals surface area contributed by atoms with Crippen LogP contribution in [0.5, 0.6) is 23.0 Å². The predicted octanol–water partition coefficient (Wildman–Crippen LogP) is 6.12. The molecular weight excluding hydrogens is 532 g/mol. The SMILES string of the molecule is COc1cnc2c(Oc3ccc(CC(=O)c4c(C)[nH]c(C)c(-c5ccc(F)cc5OC)c4=O)cc3F)ccnc2c1. The Hall–Kier alpha value is -5.12. The number of Topliss-reactive ketones (excluding diaryl/α,β-unsaturated/α-hetero) is 1. The molecule has 0 radical (unpaired) electrons. The van der Waals surface area contributed by atoms with Crippen LogP contribution in [0.2, 0.25) is 0 Å². The molecule has 0 saturated carbocycles. The first-order chi connectivity index (χ1) is 19.7. The Balaban J connectivity index is 1.43. The van der Waals surface area contributed by atoms with Crippen molar-refractivity contribution >= 4 is 16.8 Å². The number of carbonyl (C=O) groups excluding carboxylic acids is 1. The van der Waals surface area contributed by atoms with E-state index in [2.05, 4.69) is 15.0 Å². The molecule has 0 spiro atoms. The summed E-state index contributed by atoms with van der Waals surface area (Å²) < 4.78 is 45.1. The van der Waals surface area contributed by atoms with Crippen molar-refractivity contribution in [1.29, 1.82) is 0 Å². The Kier molecular flexibility index (Phi) is 7.47. The van der Waals surface area contributed by atoms with Crippen molar-refractivity contribution < 1.29 is 27.8 Å². The van der Waals surface area contributed by atoms with Gasteiger partial charge in [-0.1, -0.05) is 6.07 Å². The maximum absolute atomic E-state index is 15.1. The molecule has 0 aliphatic rings. The Morgan fingerprint density at radius 3 is 2.44 bits per heavy atom. The number of aromatic nitrogens is 3. The summed E-state index contributed by atoms with van der Waals surface area (Å²) in [6.45, 7) is 3.31. The Morgan fingerprint density at radius 1 is 0.902 bits per heavy atom. The topological polar surface area (TPSA) is 103 Å². The number of halogens is 2. The van der Waals surface area contributed by atoms with Gasteiger partial charge in [-0.05, 0) is 43.7 Å². The number of carbonyl (C=O) groups is 1. The fraction of sp³-hybridized carbons (Fsp3) is 0.161. The molecule has 0 unspecified atom stereocenters. The van der Waals surface area contributed by atoms with Crippen LogP contribution in [0, 0.1) is 25.5 Å². The van der Waals surface area contributed by atoms with Crippen LogP contribution in [0.1, 0.15) is 27.3 Å². The largest absolute Gasteiger partial charge is 0.496 e. The van der Waals surface area contributed by atoms with Gasteiger partial charge in [-0.3, -0.25) is 14.6 Å². The normalized spacial score (nSPS) is 11.0. The zero-order valence-electron chi connectivity index (χ0n) is 22.7. The minimum Gasteiger partial charge on any atom is -0.496 e. The van der Waals surface area contributed by atoms with Crippen LogP contribution < -0.4 is 19.6 Å². The van der Waals surface area contributed by atoms with Crippen LogP contribution in [0.3, 0.4) is 0 Å². The summed E-state index contributed by atoms with van der Waals surface area (Å²) >= 11 is 0. The van der Waals surface area contributed by atoms with E-state index in [9.17, 15) is 14.0 Å². The van der Waals surface area contributed by atoms with Gasteiger partial charge in [0.1, 0.15) is 22.8 Å². The molecule has 8 nitrogen and oxygen atoms in total. The number of hydrogen-bond acceptors (Lipinski definition) is 7. The molecule has 208 valence electrons. The van der Waals surface area contributed by atoms with E-state index in [0.717, 1.165) is 0 Å². The highest BCUT2D eigenvalue weighted by Gasteiger charge is 2.23. The van der Waals surface area contributed by atoms with Crippen molar-refractivity contribution in [3.05, 3.63) is 105 Å². The number of hydrogen-bond donors (Lipinski definition) is 1. The summed E-state index contributed by atoms with van der Waals surface area (Å²) in [7, 11) is 2.89. The van der Waals surface area contributed by atoms with Gasteiger partial charge in [0, 0.05) is 47.8 Å². The number of ketones is 1. The number of aryl methyl sites for hydroxylation is 2. The van der Waals surface area contributed by atoms with Gasteiger partial charge in [-0.2, -0.15) is 0 Å². The molecule has 41 heavy (non-hydrogen) atoms. The van der Waals surface area contributed by atoms with E-state index >= 15 is 4.39 Å². The number of benzene rings is 2. The third-order valence-electron chi connectivity index (χ3n) is 6.62. The maximum atomic E-state index is 15.1. The highest BCUT2D eigenvalue weighted by molar-refractivity contribution is 5.99. The number of ether oxygens (including phenoxy) is 3. The van der Waals surface area contributed by atoms with Crippen LogP contribution in [-0.4, -0.2) is 35.0 Å². The lowest BCUT2D eigenvalue weighted by atomic mass is 9.95. The van der Waals surface area contributed by atoms with E-state index in [-0.39, 0.29) is 29.0 Å². The molecule has 0 aliphatic carbocycles. The quantitative estimate of drug-likeness (QED) is 0.230. The fourth-order valence-electron chi connectivity index (χ4n) is 4.71. The van der Waals surface area contributed by atoms with Gasteiger partial charge in [0.25, 0.3) is 0 Å². The summed E-state index contributed by atoms with van der Waals surface area (Å²) in [5.41, 5.74) is 2.12. The number of fused-ring (bicyclic) bond motifs is 1. The molecule has 0 fully saturated rings. The number of methoxy groups -OCH3 is 2. The van der Waals surface area contributed by atoms with Crippen molar-refractivity contribution in [3.8, 4) is 34.1 Å². The number of rotatable bonds is 8. The second-order valence-corrected chi connectivity index (χ2v) is 9.32. The number of H-pyrrole nitrogens is 1.